The molecule has 0 radical (unpaired) electrons. The molecule has 1 saturated heterocycles. The van der Waals surface area contributed by atoms with E-state index in [1.807, 2.05) is 32.9 Å². The predicted octanol–water partition coefficient (Wildman–Crippen LogP) is 4.23. The first kappa shape index (κ1) is 19.0. The fourth-order valence-corrected chi connectivity index (χ4v) is 3.84. The second-order valence-electron chi connectivity index (χ2n) is 6.34. The van der Waals surface area contributed by atoms with Crippen LogP contribution in [0.1, 0.15) is 38.6 Å². The van der Waals surface area contributed by atoms with Gasteiger partial charge in [0.1, 0.15) is 5.76 Å². The molecular weight excluding hydrogens is 366 g/mol. The summed E-state index contributed by atoms with van der Waals surface area (Å²) in [6.45, 7) is 5.94. The molecule has 6 nitrogen and oxygen atoms in total. The van der Waals surface area contributed by atoms with Gasteiger partial charge in [-0.1, -0.05) is 17.7 Å². The molecule has 0 atom stereocenters. The summed E-state index contributed by atoms with van der Waals surface area (Å²) in [5.74, 6) is -0.622. The lowest BCUT2D eigenvalue weighted by Crippen LogP contribution is -2.27. The third-order valence-corrected chi connectivity index (χ3v) is 5.16. The summed E-state index contributed by atoms with van der Waals surface area (Å²) in [6, 6.07) is 7.09. The number of aryl methyl sites for hydroxylation is 3. The molecule has 1 aliphatic rings. The quantitative estimate of drug-likeness (QED) is 0.579. The summed E-state index contributed by atoms with van der Waals surface area (Å²) >= 11 is 0.900. The lowest BCUT2D eigenvalue weighted by atomic mass is 9.99. The molecule has 0 saturated carbocycles. The van der Waals surface area contributed by atoms with Gasteiger partial charge in [-0.15, -0.1) is 0 Å². The fourth-order valence-electron chi connectivity index (χ4n) is 3.02. The lowest BCUT2D eigenvalue weighted by Gasteiger charge is -2.10. The molecule has 2 amide bonds. The Morgan fingerprint density at radius 1 is 1.19 bits per heavy atom. The second-order valence-corrected chi connectivity index (χ2v) is 7.33. The van der Waals surface area contributed by atoms with Crippen molar-refractivity contribution in [2.75, 3.05) is 7.11 Å². The van der Waals surface area contributed by atoms with Crippen LogP contribution in [0.2, 0.25) is 0 Å². The molecule has 2 heterocycles. The number of ether oxygens (including phenoxy) is 1. The maximum atomic E-state index is 12.7. The number of carbonyl (C=O) groups excluding carboxylic acids is 3. The summed E-state index contributed by atoms with van der Waals surface area (Å²) in [6.07, 6.45) is 1.76. The number of furan rings is 1. The van der Waals surface area contributed by atoms with Crippen molar-refractivity contribution in [3.8, 4) is 0 Å². The van der Waals surface area contributed by atoms with E-state index in [2.05, 4.69) is 4.74 Å². The Kier molecular flexibility index (Phi) is 5.23. The topological polar surface area (TPSA) is 76.8 Å². The van der Waals surface area contributed by atoms with Gasteiger partial charge in [0.25, 0.3) is 11.1 Å². The number of benzene rings is 1. The number of rotatable bonds is 4. The zero-order chi connectivity index (χ0) is 19.7. The molecule has 3 rings (SSSR count). The van der Waals surface area contributed by atoms with Gasteiger partial charge in [0.05, 0.1) is 18.6 Å². The average molecular weight is 385 g/mol. The van der Waals surface area contributed by atoms with Crippen molar-refractivity contribution in [3.63, 3.8) is 0 Å². The van der Waals surface area contributed by atoms with Crippen LogP contribution in [0.4, 0.5) is 4.79 Å². The predicted molar refractivity (Wildman–Crippen MR) is 102 cm³/mol. The normalized spacial score (nSPS) is 15.7. The van der Waals surface area contributed by atoms with Gasteiger partial charge >= 0.3 is 5.97 Å². The number of esters is 1. The fraction of sp³-hybridized carbons (Fsp3) is 0.250. The Balaban J connectivity index is 1.83. The first-order valence-corrected chi connectivity index (χ1v) is 9.12. The van der Waals surface area contributed by atoms with E-state index < -0.39 is 5.97 Å². The van der Waals surface area contributed by atoms with Gasteiger partial charge in [-0.05, 0) is 67.4 Å². The number of nitrogens with zero attached hydrogens (tertiary/aromatic N) is 1. The molecule has 140 valence electrons. The highest BCUT2D eigenvalue weighted by Gasteiger charge is 2.36. The maximum absolute atomic E-state index is 12.7. The van der Waals surface area contributed by atoms with Gasteiger partial charge in [0.2, 0.25) is 5.76 Å². The third-order valence-electron chi connectivity index (χ3n) is 4.25. The van der Waals surface area contributed by atoms with Crippen LogP contribution in [-0.4, -0.2) is 29.1 Å². The standard InChI is InChI=1S/C20H19NO5S/c1-11-7-12(2)15(13(3)8-11)9-17-18(22)21(20(24)27-17)10-14-5-6-16(26-14)19(23)25-4/h5-9H,10H2,1-4H3/b17-9+. The molecule has 1 aromatic carbocycles. The zero-order valence-corrected chi connectivity index (χ0v) is 16.3. The van der Waals surface area contributed by atoms with Gasteiger partial charge < -0.3 is 9.15 Å². The first-order valence-electron chi connectivity index (χ1n) is 8.30. The SMILES string of the molecule is COC(=O)c1ccc(CN2C(=O)S/C(=C/c3c(C)cc(C)cc3C)C2=O)o1. The maximum Gasteiger partial charge on any atom is 0.373 e. The number of thioether (sulfide) groups is 1. The summed E-state index contributed by atoms with van der Waals surface area (Å²) in [4.78, 5) is 37.9. The second kappa shape index (κ2) is 7.44. The number of methoxy groups -OCH3 is 1. The molecular formula is C20H19NO5S. The van der Waals surface area contributed by atoms with Crippen molar-refractivity contribution in [3.05, 3.63) is 62.9 Å². The van der Waals surface area contributed by atoms with Crippen LogP contribution in [0.5, 0.6) is 0 Å². The third kappa shape index (κ3) is 3.83. The van der Waals surface area contributed by atoms with Crippen molar-refractivity contribution in [1.82, 2.24) is 4.90 Å². The summed E-state index contributed by atoms with van der Waals surface area (Å²) in [5, 5.41) is -0.371. The summed E-state index contributed by atoms with van der Waals surface area (Å²) in [7, 11) is 1.25. The van der Waals surface area contributed by atoms with E-state index in [9.17, 15) is 14.4 Å². The highest BCUT2D eigenvalue weighted by atomic mass is 32.2. The van der Waals surface area contributed by atoms with E-state index in [0.29, 0.717) is 10.7 Å². The van der Waals surface area contributed by atoms with Gasteiger partial charge in [0.15, 0.2) is 0 Å². The minimum absolute atomic E-state index is 0.0286. The Bertz CT molecular complexity index is 949. The van der Waals surface area contributed by atoms with Crippen molar-refractivity contribution < 1.29 is 23.5 Å². The average Bonchev–Trinajstić information content (AvgIpc) is 3.18. The van der Waals surface area contributed by atoms with Crippen LogP contribution < -0.4 is 0 Å². The smallest absolute Gasteiger partial charge is 0.373 e. The van der Waals surface area contributed by atoms with Gasteiger partial charge in [0, 0.05) is 0 Å². The summed E-state index contributed by atoms with van der Waals surface area (Å²) < 4.78 is 9.93. The lowest BCUT2D eigenvalue weighted by molar-refractivity contribution is -0.123. The highest BCUT2D eigenvalue weighted by Crippen LogP contribution is 2.34. The minimum atomic E-state index is -0.611. The number of imide groups is 1. The number of carbonyl (C=O) groups is 3. The van der Waals surface area contributed by atoms with E-state index in [-0.39, 0.29) is 23.5 Å². The van der Waals surface area contributed by atoms with E-state index in [1.54, 1.807) is 12.1 Å². The Hall–Kier alpha value is -2.80. The molecule has 0 aliphatic carbocycles. The van der Waals surface area contributed by atoms with E-state index in [1.165, 1.54) is 13.2 Å². The Morgan fingerprint density at radius 3 is 2.48 bits per heavy atom. The molecule has 0 N–H and O–H groups in total. The van der Waals surface area contributed by atoms with E-state index >= 15 is 0 Å². The Morgan fingerprint density at radius 2 is 1.85 bits per heavy atom. The molecule has 1 fully saturated rings. The molecule has 0 unspecified atom stereocenters. The molecule has 0 spiro atoms. The zero-order valence-electron chi connectivity index (χ0n) is 15.5. The number of hydrogen-bond donors (Lipinski definition) is 0. The molecule has 0 bridgehead atoms. The molecule has 27 heavy (non-hydrogen) atoms. The van der Waals surface area contributed by atoms with Crippen molar-refractivity contribution >= 4 is 35.0 Å². The van der Waals surface area contributed by atoms with Crippen LogP contribution in [0.15, 0.2) is 33.6 Å². The van der Waals surface area contributed by atoms with Crippen LogP contribution >= 0.6 is 11.8 Å². The van der Waals surface area contributed by atoms with E-state index in [4.69, 9.17) is 4.42 Å². The molecule has 1 aromatic heterocycles. The van der Waals surface area contributed by atoms with Gasteiger partial charge in [-0.3, -0.25) is 14.5 Å². The largest absolute Gasteiger partial charge is 0.463 e. The van der Waals surface area contributed by atoms with Gasteiger partial charge in [-0.25, -0.2) is 4.79 Å². The van der Waals surface area contributed by atoms with Crippen LogP contribution in [0, 0.1) is 20.8 Å². The van der Waals surface area contributed by atoms with E-state index in [0.717, 1.165) is 38.9 Å². The van der Waals surface area contributed by atoms with Crippen LogP contribution in [0.25, 0.3) is 6.08 Å². The minimum Gasteiger partial charge on any atom is -0.463 e. The van der Waals surface area contributed by atoms with Crippen LogP contribution in [0.3, 0.4) is 0 Å². The molecule has 1 aliphatic heterocycles. The number of amides is 2. The van der Waals surface area contributed by atoms with Crippen molar-refractivity contribution in [2.24, 2.45) is 0 Å². The number of hydrogen-bond acceptors (Lipinski definition) is 6. The monoisotopic (exact) mass is 385 g/mol. The van der Waals surface area contributed by atoms with Crippen molar-refractivity contribution in [1.29, 1.82) is 0 Å². The van der Waals surface area contributed by atoms with Crippen LogP contribution in [-0.2, 0) is 16.1 Å². The molecule has 2 aromatic rings. The first-order chi connectivity index (χ1) is 12.8. The summed E-state index contributed by atoms with van der Waals surface area (Å²) in [5.41, 5.74) is 4.19. The highest BCUT2D eigenvalue weighted by molar-refractivity contribution is 8.18. The Labute approximate surface area is 161 Å². The van der Waals surface area contributed by atoms with Crippen molar-refractivity contribution in [2.45, 2.75) is 27.3 Å². The molecule has 7 heteroatoms. The van der Waals surface area contributed by atoms with Gasteiger partial charge in [-0.2, -0.15) is 0 Å².